The first-order chi connectivity index (χ1) is 14.1. The first-order valence-electron chi connectivity index (χ1n) is 9.45. The van der Waals surface area contributed by atoms with Crippen LogP contribution in [-0.2, 0) is 17.4 Å². The molecule has 0 unspecified atom stereocenters. The Morgan fingerprint density at radius 1 is 1.23 bits per heavy atom. The van der Waals surface area contributed by atoms with Crippen molar-refractivity contribution in [2.75, 3.05) is 18.4 Å². The number of hydrogen-bond acceptors (Lipinski definition) is 6. The summed E-state index contributed by atoms with van der Waals surface area (Å²) in [5, 5.41) is 11.5. The van der Waals surface area contributed by atoms with Crippen LogP contribution in [-0.4, -0.2) is 59.3 Å². The van der Waals surface area contributed by atoms with E-state index in [9.17, 15) is 13.6 Å². The number of anilines is 2. The molecule has 3 aromatic rings. The molecule has 3 aromatic heterocycles. The summed E-state index contributed by atoms with van der Waals surface area (Å²) < 4.78 is 30.2. The third-order valence-corrected chi connectivity index (χ3v) is 5.05. The van der Waals surface area contributed by atoms with Gasteiger partial charge in [0, 0.05) is 44.2 Å². The number of carbonyl (C=O) groups excluding carboxylic acids is 1. The van der Waals surface area contributed by atoms with Crippen LogP contribution in [0.25, 0.3) is 11.3 Å². The van der Waals surface area contributed by atoms with Crippen LogP contribution in [0.15, 0.2) is 37.1 Å². The van der Waals surface area contributed by atoms with Crippen LogP contribution < -0.4 is 5.32 Å². The molecule has 0 bridgehead atoms. The number of amides is 1. The molecule has 0 saturated carbocycles. The zero-order chi connectivity index (χ0) is 21.5. The minimum Gasteiger partial charge on any atom is -0.334 e. The molecule has 1 N–H and O–H groups in total. The van der Waals surface area contributed by atoms with Gasteiger partial charge < -0.3 is 10.2 Å². The predicted molar refractivity (Wildman–Crippen MR) is 105 cm³/mol. The highest BCUT2D eigenvalue weighted by Crippen LogP contribution is 2.30. The number of aromatic nitrogens is 6. The Morgan fingerprint density at radius 2 is 2.03 bits per heavy atom. The second kappa shape index (κ2) is 7.15. The number of carbonyl (C=O) groups is 1. The van der Waals surface area contributed by atoms with Crippen LogP contribution >= 0.6 is 0 Å². The molecule has 4 rings (SSSR count). The smallest absolute Gasteiger partial charge is 0.267 e. The number of alkyl halides is 2. The molecule has 4 heterocycles. The maximum absolute atomic E-state index is 13.5. The molecule has 1 aliphatic heterocycles. The van der Waals surface area contributed by atoms with Crippen molar-refractivity contribution >= 4 is 17.5 Å². The van der Waals surface area contributed by atoms with Crippen LogP contribution in [0.4, 0.5) is 20.4 Å². The predicted octanol–water partition coefficient (Wildman–Crippen LogP) is 2.42. The van der Waals surface area contributed by atoms with Gasteiger partial charge in [-0.05, 0) is 19.9 Å². The number of aryl methyl sites for hydroxylation is 1. The Balaban J connectivity index is 1.53. The van der Waals surface area contributed by atoms with Crippen LogP contribution in [0, 0.1) is 0 Å². The van der Waals surface area contributed by atoms with E-state index in [1.807, 2.05) is 7.05 Å². The van der Waals surface area contributed by atoms with E-state index in [0.717, 1.165) is 5.69 Å². The molecule has 0 atom stereocenters. The third-order valence-electron chi connectivity index (χ3n) is 5.05. The van der Waals surface area contributed by atoms with Crippen LogP contribution in [0.2, 0.25) is 0 Å². The molecule has 9 nitrogen and oxygen atoms in total. The van der Waals surface area contributed by atoms with Crippen LogP contribution in [0.5, 0.6) is 0 Å². The topological polar surface area (TPSA) is 93.8 Å². The van der Waals surface area contributed by atoms with Gasteiger partial charge >= 0.3 is 0 Å². The lowest BCUT2D eigenvalue weighted by molar-refractivity contribution is -0.140. The van der Waals surface area contributed by atoms with Crippen molar-refractivity contribution in [2.24, 2.45) is 7.05 Å². The summed E-state index contributed by atoms with van der Waals surface area (Å²) in [6, 6.07) is 1.73. The highest BCUT2D eigenvalue weighted by molar-refractivity contribution is 5.84. The number of nitrogens with one attached hydrogen (secondary N) is 1. The number of nitrogens with zero attached hydrogens (tertiary/aromatic N) is 7. The van der Waals surface area contributed by atoms with Crippen molar-refractivity contribution in [1.29, 1.82) is 0 Å². The normalized spacial score (nSPS) is 16.1. The van der Waals surface area contributed by atoms with E-state index < -0.39 is 23.9 Å². The molecule has 0 radical (unpaired) electrons. The van der Waals surface area contributed by atoms with Gasteiger partial charge in [-0.3, -0.25) is 14.2 Å². The molecule has 1 fully saturated rings. The Bertz CT molecular complexity index is 1070. The zero-order valence-electron chi connectivity index (χ0n) is 16.9. The lowest BCUT2D eigenvalue weighted by Crippen LogP contribution is -2.47. The van der Waals surface area contributed by atoms with Gasteiger partial charge in [-0.25, -0.2) is 18.7 Å². The van der Waals surface area contributed by atoms with E-state index in [-0.39, 0.29) is 13.0 Å². The fraction of sp³-hybridized carbons (Fsp3) is 0.421. The molecule has 1 amide bonds. The second-order valence-electron chi connectivity index (χ2n) is 7.86. The Kier molecular flexibility index (Phi) is 4.75. The molecule has 1 aliphatic rings. The van der Waals surface area contributed by atoms with Crippen molar-refractivity contribution in [3.05, 3.63) is 37.1 Å². The number of rotatable bonds is 5. The Labute approximate surface area is 171 Å². The average Bonchev–Trinajstić information content (AvgIpc) is 3.41. The average molecular weight is 416 g/mol. The summed E-state index contributed by atoms with van der Waals surface area (Å²) in [5.74, 6) is -2.83. The largest absolute Gasteiger partial charge is 0.334 e. The van der Waals surface area contributed by atoms with E-state index in [1.54, 1.807) is 55.6 Å². The number of halogens is 2. The molecule has 0 aliphatic carbocycles. The van der Waals surface area contributed by atoms with Gasteiger partial charge in [0.15, 0.2) is 0 Å². The summed E-state index contributed by atoms with van der Waals surface area (Å²) in [4.78, 5) is 22.7. The van der Waals surface area contributed by atoms with E-state index in [2.05, 4.69) is 25.5 Å². The second-order valence-corrected chi connectivity index (χ2v) is 7.86. The van der Waals surface area contributed by atoms with Gasteiger partial charge in [0.25, 0.3) is 5.92 Å². The monoisotopic (exact) mass is 416 g/mol. The van der Waals surface area contributed by atoms with Gasteiger partial charge in [0.1, 0.15) is 5.54 Å². The Hall–Kier alpha value is -3.37. The maximum atomic E-state index is 13.5. The van der Waals surface area contributed by atoms with Crippen molar-refractivity contribution in [3.63, 3.8) is 0 Å². The molecule has 0 spiro atoms. The van der Waals surface area contributed by atoms with Crippen molar-refractivity contribution in [2.45, 2.75) is 31.7 Å². The van der Waals surface area contributed by atoms with E-state index in [0.29, 0.717) is 17.2 Å². The number of likely N-dealkylation sites (tertiary alicyclic amines) is 1. The summed E-state index contributed by atoms with van der Waals surface area (Å²) in [7, 11) is 1.81. The van der Waals surface area contributed by atoms with Gasteiger partial charge in [-0.15, -0.1) is 0 Å². The third kappa shape index (κ3) is 3.87. The lowest BCUT2D eigenvalue weighted by atomic mass is 10.0. The zero-order valence-corrected chi connectivity index (χ0v) is 16.9. The minimum absolute atomic E-state index is 0.0403. The van der Waals surface area contributed by atoms with E-state index in [1.165, 1.54) is 9.58 Å². The molecule has 158 valence electrons. The van der Waals surface area contributed by atoms with Gasteiger partial charge in [0.05, 0.1) is 30.3 Å². The van der Waals surface area contributed by atoms with Crippen LogP contribution in [0.1, 0.15) is 20.3 Å². The first-order valence-corrected chi connectivity index (χ1v) is 9.45. The Morgan fingerprint density at radius 3 is 2.70 bits per heavy atom. The summed E-state index contributed by atoms with van der Waals surface area (Å²) in [5.41, 5.74) is 0.931. The summed E-state index contributed by atoms with van der Waals surface area (Å²) in [6.07, 6.45) is 8.02. The standard InChI is InChI=1S/C19H22F2N8O/c1-18(2,16(30)28-7-5-19(20,21)12-28)29-10-13(8-24-29)15-4-6-22-17(26-15)25-14-9-23-27(3)11-14/h4,6,8-11H,5,7,12H2,1-3H3,(H,22,25,26). The number of hydrogen-bond donors (Lipinski definition) is 1. The minimum atomic E-state index is -2.83. The lowest BCUT2D eigenvalue weighted by Gasteiger charge is -2.29. The quantitative estimate of drug-likeness (QED) is 0.687. The molecule has 1 saturated heterocycles. The maximum Gasteiger partial charge on any atom is 0.267 e. The van der Waals surface area contributed by atoms with Crippen molar-refractivity contribution in [3.8, 4) is 11.3 Å². The molecular formula is C19H22F2N8O. The summed E-state index contributed by atoms with van der Waals surface area (Å²) in [6.45, 7) is 2.81. The summed E-state index contributed by atoms with van der Waals surface area (Å²) >= 11 is 0. The molecule has 11 heteroatoms. The van der Waals surface area contributed by atoms with E-state index in [4.69, 9.17) is 0 Å². The van der Waals surface area contributed by atoms with Gasteiger partial charge in [-0.1, -0.05) is 0 Å². The fourth-order valence-electron chi connectivity index (χ4n) is 3.35. The van der Waals surface area contributed by atoms with E-state index >= 15 is 0 Å². The highest BCUT2D eigenvalue weighted by Gasteiger charge is 2.45. The SMILES string of the molecule is Cn1cc(Nc2nccc(-c3cnn(C(C)(C)C(=O)N4CCC(F)(F)C4)c3)n2)cn1. The fourth-order valence-corrected chi connectivity index (χ4v) is 3.35. The molecule has 0 aromatic carbocycles. The van der Waals surface area contributed by atoms with Gasteiger partial charge in [0.2, 0.25) is 11.9 Å². The van der Waals surface area contributed by atoms with Gasteiger partial charge in [-0.2, -0.15) is 10.2 Å². The first kappa shape index (κ1) is 19.9. The van der Waals surface area contributed by atoms with Crippen molar-refractivity contribution < 1.29 is 13.6 Å². The molecular weight excluding hydrogens is 394 g/mol. The molecule has 30 heavy (non-hydrogen) atoms. The highest BCUT2D eigenvalue weighted by atomic mass is 19.3. The van der Waals surface area contributed by atoms with Crippen LogP contribution in [0.3, 0.4) is 0 Å². The van der Waals surface area contributed by atoms with Crippen molar-refractivity contribution in [1.82, 2.24) is 34.4 Å².